The normalized spacial score (nSPS) is 17.8. The fourth-order valence-corrected chi connectivity index (χ4v) is 6.43. The van der Waals surface area contributed by atoms with Gasteiger partial charge in [0.2, 0.25) is 0 Å². The maximum Gasteiger partial charge on any atom is 0.343 e. The van der Waals surface area contributed by atoms with E-state index in [1.54, 1.807) is 6.07 Å². The SMILES string of the molecule is CCCCCCCCCc1ccc(OC(=O)c2ccc(C3CCC(CC(CC)CCCC)CC3)cc2)c(C#N)c1. The number of nitriles is 1. The van der Waals surface area contributed by atoms with E-state index in [4.69, 9.17) is 4.74 Å². The van der Waals surface area contributed by atoms with Gasteiger partial charge < -0.3 is 4.74 Å². The molecule has 3 nitrogen and oxygen atoms in total. The molecule has 0 heterocycles. The van der Waals surface area contributed by atoms with Gasteiger partial charge in [0, 0.05) is 0 Å². The van der Waals surface area contributed by atoms with Crippen LogP contribution < -0.4 is 4.74 Å². The maximum absolute atomic E-state index is 12.9. The van der Waals surface area contributed by atoms with Gasteiger partial charge in [-0.15, -0.1) is 0 Å². The molecular weight excluding hydrogens is 490 g/mol. The Labute approximate surface area is 244 Å². The molecule has 218 valence electrons. The van der Waals surface area contributed by atoms with Gasteiger partial charge >= 0.3 is 5.97 Å². The molecule has 0 bridgehead atoms. The lowest BCUT2D eigenvalue weighted by Crippen LogP contribution is -2.17. The third-order valence-electron chi connectivity index (χ3n) is 9.11. The topological polar surface area (TPSA) is 50.1 Å². The lowest BCUT2D eigenvalue weighted by Gasteiger charge is -2.31. The average molecular weight is 544 g/mol. The van der Waals surface area contributed by atoms with E-state index in [2.05, 4.69) is 39.0 Å². The van der Waals surface area contributed by atoms with Crippen LogP contribution in [0.2, 0.25) is 0 Å². The molecule has 2 aromatic rings. The van der Waals surface area contributed by atoms with E-state index in [0.717, 1.165) is 30.2 Å². The summed E-state index contributed by atoms with van der Waals surface area (Å²) in [5, 5.41) is 9.68. The Balaban J connectivity index is 1.47. The van der Waals surface area contributed by atoms with Gasteiger partial charge in [0.25, 0.3) is 0 Å². The molecule has 0 N–H and O–H groups in total. The lowest BCUT2D eigenvalue weighted by molar-refractivity contribution is 0.0734. The second-order valence-electron chi connectivity index (χ2n) is 12.2. The number of rotatable bonds is 17. The van der Waals surface area contributed by atoms with Crippen LogP contribution in [0.15, 0.2) is 42.5 Å². The number of ether oxygens (including phenoxy) is 1. The standard InChI is InChI=1S/C37H53NO2/c1-4-7-9-10-11-12-13-15-30-18-25-36(35(27-30)28-38)40-37(39)34-23-21-33(22-24-34)32-19-16-31(17-20-32)26-29(6-3)14-8-5-2/h18,21-25,27,29,31-32H,4-17,19-20,26H2,1-3H3. The van der Waals surface area contributed by atoms with Crippen LogP contribution >= 0.6 is 0 Å². The van der Waals surface area contributed by atoms with E-state index in [9.17, 15) is 10.1 Å². The minimum atomic E-state index is -0.399. The van der Waals surface area contributed by atoms with E-state index >= 15 is 0 Å². The maximum atomic E-state index is 12.9. The molecule has 0 amide bonds. The Morgan fingerprint density at radius 3 is 2.20 bits per heavy atom. The summed E-state index contributed by atoms with van der Waals surface area (Å²) < 4.78 is 5.67. The summed E-state index contributed by atoms with van der Waals surface area (Å²) in [6.45, 7) is 6.89. The Kier molecular flexibility index (Phi) is 14.3. The minimum Gasteiger partial charge on any atom is -0.422 e. The molecule has 0 spiro atoms. The third-order valence-corrected chi connectivity index (χ3v) is 9.11. The van der Waals surface area contributed by atoms with Crippen molar-refractivity contribution in [1.29, 1.82) is 5.26 Å². The largest absolute Gasteiger partial charge is 0.422 e. The highest BCUT2D eigenvalue weighted by Gasteiger charge is 2.24. The van der Waals surface area contributed by atoms with Gasteiger partial charge in [0.05, 0.1) is 11.1 Å². The molecule has 1 unspecified atom stereocenters. The smallest absolute Gasteiger partial charge is 0.343 e. The summed E-state index contributed by atoms with van der Waals surface area (Å²) in [6, 6.07) is 15.9. The van der Waals surface area contributed by atoms with Crippen LogP contribution in [0.3, 0.4) is 0 Å². The average Bonchev–Trinajstić information content (AvgIpc) is 2.99. The highest BCUT2D eigenvalue weighted by Crippen LogP contribution is 2.39. The van der Waals surface area contributed by atoms with Crippen LogP contribution in [0.5, 0.6) is 5.75 Å². The predicted octanol–water partition coefficient (Wildman–Crippen LogP) is 11.0. The van der Waals surface area contributed by atoms with E-state index in [1.807, 2.05) is 24.3 Å². The summed E-state index contributed by atoms with van der Waals surface area (Å²) >= 11 is 0. The molecule has 0 aliphatic heterocycles. The Morgan fingerprint density at radius 2 is 1.55 bits per heavy atom. The van der Waals surface area contributed by atoms with Crippen molar-refractivity contribution in [3.63, 3.8) is 0 Å². The van der Waals surface area contributed by atoms with Crippen LogP contribution in [0.1, 0.15) is 156 Å². The van der Waals surface area contributed by atoms with Crippen molar-refractivity contribution in [2.45, 2.75) is 136 Å². The molecule has 40 heavy (non-hydrogen) atoms. The number of unbranched alkanes of at least 4 members (excludes halogenated alkanes) is 7. The van der Waals surface area contributed by atoms with Gasteiger partial charge in [-0.25, -0.2) is 4.79 Å². The van der Waals surface area contributed by atoms with Crippen LogP contribution in [-0.4, -0.2) is 5.97 Å². The molecule has 3 heteroatoms. The zero-order valence-corrected chi connectivity index (χ0v) is 25.6. The van der Waals surface area contributed by atoms with Crippen molar-refractivity contribution in [3.05, 3.63) is 64.7 Å². The van der Waals surface area contributed by atoms with Crippen molar-refractivity contribution in [2.75, 3.05) is 0 Å². The first-order valence-corrected chi connectivity index (χ1v) is 16.4. The number of benzene rings is 2. The molecule has 1 aliphatic rings. The predicted molar refractivity (Wildman–Crippen MR) is 167 cm³/mol. The second kappa shape index (κ2) is 18.0. The lowest BCUT2D eigenvalue weighted by atomic mass is 9.75. The first-order chi connectivity index (χ1) is 19.6. The van der Waals surface area contributed by atoms with E-state index in [1.165, 1.54) is 102 Å². The fraction of sp³-hybridized carbons (Fsp3) is 0.622. The van der Waals surface area contributed by atoms with E-state index < -0.39 is 5.97 Å². The number of hydrogen-bond acceptors (Lipinski definition) is 3. The molecular formula is C37H53NO2. The number of carbonyl (C=O) groups is 1. The van der Waals surface area contributed by atoms with Gasteiger partial charge in [-0.3, -0.25) is 0 Å². The molecule has 0 saturated heterocycles. The zero-order valence-electron chi connectivity index (χ0n) is 25.6. The number of esters is 1. The van der Waals surface area contributed by atoms with Crippen LogP contribution in [0.25, 0.3) is 0 Å². The summed E-state index contributed by atoms with van der Waals surface area (Å²) in [4.78, 5) is 12.9. The van der Waals surface area contributed by atoms with Gasteiger partial charge in [-0.2, -0.15) is 5.26 Å². The zero-order chi connectivity index (χ0) is 28.6. The first-order valence-electron chi connectivity index (χ1n) is 16.4. The van der Waals surface area contributed by atoms with Gasteiger partial charge in [0.15, 0.2) is 0 Å². The summed E-state index contributed by atoms with van der Waals surface area (Å²) in [7, 11) is 0. The van der Waals surface area contributed by atoms with Crippen LogP contribution in [-0.2, 0) is 6.42 Å². The third kappa shape index (κ3) is 10.4. The van der Waals surface area contributed by atoms with Crippen molar-refractivity contribution < 1.29 is 9.53 Å². The quantitative estimate of drug-likeness (QED) is 0.113. The van der Waals surface area contributed by atoms with Crippen molar-refractivity contribution in [1.82, 2.24) is 0 Å². The Morgan fingerprint density at radius 1 is 0.875 bits per heavy atom. The molecule has 0 radical (unpaired) electrons. The fourth-order valence-electron chi connectivity index (χ4n) is 6.43. The van der Waals surface area contributed by atoms with Crippen LogP contribution in [0, 0.1) is 23.2 Å². The van der Waals surface area contributed by atoms with Gasteiger partial charge in [0.1, 0.15) is 11.8 Å². The van der Waals surface area contributed by atoms with Crippen molar-refractivity contribution in [3.8, 4) is 11.8 Å². The highest BCUT2D eigenvalue weighted by atomic mass is 16.5. The first kappa shape index (κ1) is 31.9. The molecule has 1 fully saturated rings. The van der Waals surface area contributed by atoms with Crippen LogP contribution in [0.4, 0.5) is 0 Å². The van der Waals surface area contributed by atoms with E-state index in [0.29, 0.717) is 22.8 Å². The monoisotopic (exact) mass is 543 g/mol. The number of aryl methyl sites for hydroxylation is 1. The molecule has 1 atom stereocenters. The molecule has 3 rings (SSSR count). The molecule has 2 aromatic carbocycles. The minimum absolute atomic E-state index is 0.350. The Hall–Kier alpha value is -2.60. The van der Waals surface area contributed by atoms with E-state index in [-0.39, 0.29) is 0 Å². The summed E-state index contributed by atoms with van der Waals surface area (Å²) in [5.74, 6) is 2.32. The molecule has 0 aromatic heterocycles. The number of hydrogen-bond donors (Lipinski definition) is 0. The molecule has 1 saturated carbocycles. The highest BCUT2D eigenvalue weighted by molar-refractivity contribution is 5.91. The molecule has 1 aliphatic carbocycles. The summed E-state index contributed by atoms with van der Waals surface area (Å²) in [6.07, 6.45) is 21.7. The van der Waals surface area contributed by atoms with Crippen molar-refractivity contribution >= 4 is 5.97 Å². The van der Waals surface area contributed by atoms with Gasteiger partial charge in [-0.05, 0) is 98.1 Å². The second-order valence-corrected chi connectivity index (χ2v) is 12.2. The number of carbonyl (C=O) groups excluding carboxylic acids is 1. The van der Waals surface area contributed by atoms with Crippen molar-refractivity contribution in [2.24, 2.45) is 11.8 Å². The summed E-state index contributed by atoms with van der Waals surface area (Å²) in [5.41, 5.74) is 3.44. The van der Waals surface area contributed by atoms with Gasteiger partial charge in [-0.1, -0.05) is 103 Å². The Bertz CT molecular complexity index is 1040. The number of nitrogens with zero attached hydrogens (tertiary/aromatic N) is 1.